The van der Waals surface area contributed by atoms with Crippen molar-refractivity contribution < 1.29 is 19.2 Å². The fourth-order valence-electron chi connectivity index (χ4n) is 2.47. The van der Waals surface area contributed by atoms with Gasteiger partial charge in [0.25, 0.3) is 16.8 Å². The van der Waals surface area contributed by atoms with E-state index in [0.717, 1.165) is 16.7 Å². The number of hydrogen-bond donors (Lipinski definition) is 1. The summed E-state index contributed by atoms with van der Waals surface area (Å²) >= 11 is 0.793. The van der Waals surface area contributed by atoms with E-state index < -0.39 is 16.1 Å². The standard InChI is InChI=1S/C18H15N3O5S/c1-26-15-8-3-2-7-14(15)19-11-20-17(22)16(27-18(20)23)10-12-5-4-6-13(9-12)21(24)25/h2-10,19H,11H2,1H3/b16-10-. The smallest absolute Gasteiger partial charge is 0.295 e. The first-order valence-electron chi connectivity index (χ1n) is 7.86. The number of rotatable bonds is 6. The second-order valence-corrected chi connectivity index (χ2v) is 6.49. The van der Waals surface area contributed by atoms with Crippen LogP contribution in [0.2, 0.25) is 0 Å². The third kappa shape index (κ3) is 4.09. The lowest BCUT2D eigenvalue weighted by Crippen LogP contribution is -2.33. The number of nitrogens with one attached hydrogen (secondary N) is 1. The minimum absolute atomic E-state index is 0.0166. The number of methoxy groups -OCH3 is 1. The number of imide groups is 1. The third-order valence-corrected chi connectivity index (χ3v) is 4.69. The first-order chi connectivity index (χ1) is 13.0. The van der Waals surface area contributed by atoms with Gasteiger partial charge in [-0.05, 0) is 35.5 Å². The highest BCUT2D eigenvalue weighted by Crippen LogP contribution is 2.33. The van der Waals surface area contributed by atoms with Gasteiger partial charge in [0.05, 0.1) is 29.3 Å². The third-order valence-electron chi connectivity index (χ3n) is 3.79. The van der Waals surface area contributed by atoms with Crippen molar-refractivity contribution in [3.8, 4) is 5.75 Å². The molecule has 0 aliphatic carbocycles. The normalized spacial score (nSPS) is 15.3. The number of benzene rings is 2. The second kappa shape index (κ2) is 7.92. The highest BCUT2D eigenvalue weighted by Gasteiger charge is 2.35. The lowest BCUT2D eigenvalue weighted by atomic mass is 10.2. The SMILES string of the molecule is COc1ccccc1NCN1C(=O)S/C(=C\c2cccc([N+](=O)[O-])c2)C1=O. The Morgan fingerprint density at radius 3 is 2.74 bits per heavy atom. The first kappa shape index (κ1) is 18.5. The zero-order chi connectivity index (χ0) is 19.4. The molecule has 0 radical (unpaired) electrons. The maximum atomic E-state index is 12.5. The van der Waals surface area contributed by atoms with Gasteiger partial charge in [-0.2, -0.15) is 0 Å². The van der Waals surface area contributed by atoms with E-state index in [1.54, 1.807) is 24.3 Å². The van der Waals surface area contributed by atoms with Crippen LogP contribution in [-0.4, -0.2) is 34.7 Å². The van der Waals surface area contributed by atoms with Crippen LogP contribution in [0.15, 0.2) is 53.4 Å². The summed E-state index contributed by atoms with van der Waals surface area (Å²) in [5.41, 5.74) is 1.05. The van der Waals surface area contributed by atoms with E-state index in [9.17, 15) is 19.7 Å². The van der Waals surface area contributed by atoms with Crippen molar-refractivity contribution in [2.75, 3.05) is 19.1 Å². The maximum absolute atomic E-state index is 12.5. The van der Waals surface area contributed by atoms with Crippen LogP contribution in [0.3, 0.4) is 0 Å². The van der Waals surface area contributed by atoms with E-state index in [0.29, 0.717) is 17.0 Å². The van der Waals surface area contributed by atoms with Gasteiger partial charge in [0, 0.05) is 12.1 Å². The molecule has 0 unspecified atom stereocenters. The summed E-state index contributed by atoms with van der Waals surface area (Å²) in [5.74, 6) is 0.135. The average Bonchev–Trinajstić information content (AvgIpc) is 2.93. The lowest BCUT2D eigenvalue weighted by molar-refractivity contribution is -0.384. The van der Waals surface area contributed by atoms with Gasteiger partial charge in [-0.15, -0.1) is 0 Å². The topological polar surface area (TPSA) is 102 Å². The Kier molecular flexibility index (Phi) is 5.41. The molecule has 0 atom stereocenters. The van der Waals surface area contributed by atoms with Crippen LogP contribution in [0.4, 0.5) is 16.2 Å². The first-order valence-corrected chi connectivity index (χ1v) is 8.68. The zero-order valence-electron chi connectivity index (χ0n) is 14.2. The molecule has 1 saturated heterocycles. The Morgan fingerprint density at radius 2 is 2.00 bits per heavy atom. The van der Waals surface area contributed by atoms with Gasteiger partial charge in [-0.1, -0.05) is 24.3 Å². The Balaban J connectivity index is 1.75. The van der Waals surface area contributed by atoms with E-state index in [4.69, 9.17) is 4.74 Å². The number of hydrogen-bond acceptors (Lipinski definition) is 7. The molecule has 27 heavy (non-hydrogen) atoms. The average molecular weight is 385 g/mol. The van der Waals surface area contributed by atoms with E-state index >= 15 is 0 Å². The molecule has 2 amide bonds. The van der Waals surface area contributed by atoms with Crippen molar-refractivity contribution in [1.82, 2.24) is 4.90 Å². The van der Waals surface area contributed by atoms with Gasteiger partial charge in [-0.3, -0.25) is 24.6 Å². The number of para-hydroxylation sites is 2. The van der Waals surface area contributed by atoms with Gasteiger partial charge < -0.3 is 10.1 Å². The summed E-state index contributed by atoms with van der Waals surface area (Å²) in [7, 11) is 1.53. The molecule has 2 aromatic rings. The number of anilines is 1. The summed E-state index contributed by atoms with van der Waals surface area (Å²) in [6.07, 6.45) is 1.47. The van der Waals surface area contributed by atoms with Gasteiger partial charge in [0.1, 0.15) is 5.75 Å². The van der Waals surface area contributed by atoms with E-state index in [1.165, 1.54) is 31.4 Å². The Hall–Kier alpha value is -3.33. The predicted octanol–water partition coefficient (Wildman–Crippen LogP) is 3.71. The van der Waals surface area contributed by atoms with Crippen LogP contribution >= 0.6 is 11.8 Å². The summed E-state index contributed by atoms with van der Waals surface area (Å²) < 4.78 is 5.22. The van der Waals surface area contributed by atoms with Gasteiger partial charge in [0.2, 0.25) is 0 Å². The molecular formula is C18H15N3O5S. The van der Waals surface area contributed by atoms with E-state index in [-0.39, 0.29) is 17.3 Å². The van der Waals surface area contributed by atoms with Gasteiger partial charge in [0.15, 0.2) is 0 Å². The number of non-ortho nitro benzene ring substituents is 1. The predicted molar refractivity (Wildman–Crippen MR) is 102 cm³/mol. The number of nitro groups is 1. The molecule has 0 spiro atoms. The summed E-state index contributed by atoms with van der Waals surface area (Å²) in [6.45, 7) is -0.0166. The molecular weight excluding hydrogens is 370 g/mol. The molecule has 3 rings (SSSR count). The monoisotopic (exact) mass is 385 g/mol. The Labute approximate surface area is 159 Å². The highest BCUT2D eigenvalue weighted by atomic mass is 32.2. The molecule has 0 bridgehead atoms. The lowest BCUT2D eigenvalue weighted by Gasteiger charge is -2.16. The zero-order valence-corrected chi connectivity index (χ0v) is 15.1. The molecule has 1 aliphatic rings. The van der Waals surface area contributed by atoms with E-state index in [2.05, 4.69) is 5.32 Å². The van der Waals surface area contributed by atoms with Crippen molar-refractivity contribution in [3.63, 3.8) is 0 Å². The quantitative estimate of drug-likeness (QED) is 0.459. The molecule has 138 valence electrons. The van der Waals surface area contributed by atoms with Gasteiger partial charge in [-0.25, -0.2) is 0 Å². The molecule has 9 heteroatoms. The molecule has 8 nitrogen and oxygen atoms in total. The minimum atomic E-state index is -0.514. The van der Waals surface area contributed by atoms with Crippen LogP contribution in [0, 0.1) is 10.1 Å². The van der Waals surface area contributed by atoms with Crippen LogP contribution in [0.5, 0.6) is 5.75 Å². The molecule has 1 aliphatic heterocycles. The molecule has 1 fully saturated rings. The van der Waals surface area contributed by atoms with Crippen molar-refractivity contribution in [2.45, 2.75) is 0 Å². The largest absolute Gasteiger partial charge is 0.495 e. The van der Waals surface area contributed by atoms with Crippen LogP contribution in [0.25, 0.3) is 6.08 Å². The Bertz CT molecular complexity index is 944. The van der Waals surface area contributed by atoms with Crippen molar-refractivity contribution in [1.29, 1.82) is 0 Å². The Morgan fingerprint density at radius 1 is 1.22 bits per heavy atom. The number of nitrogens with zero attached hydrogens (tertiary/aromatic N) is 2. The number of ether oxygens (including phenoxy) is 1. The van der Waals surface area contributed by atoms with Crippen molar-refractivity contribution >= 4 is 40.4 Å². The maximum Gasteiger partial charge on any atom is 0.295 e. The van der Waals surface area contributed by atoms with Crippen LogP contribution in [-0.2, 0) is 4.79 Å². The van der Waals surface area contributed by atoms with E-state index in [1.807, 2.05) is 6.07 Å². The summed E-state index contributed by atoms with van der Waals surface area (Å²) in [4.78, 5) is 36.3. The fraction of sp³-hybridized carbons (Fsp3) is 0.111. The molecule has 0 aromatic heterocycles. The van der Waals surface area contributed by atoms with Gasteiger partial charge >= 0.3 is 0 Å². The number of carbonyl (C=O) groups is 2. The highest BCUT2D eigenvalue weighted by molar-refractivity contribution is 8.18. The number of nitro benzene ring substituents is 1. The van der Waals surface area contributed by atoms with Crippen molar-refractivity contribution in [3.05, 3.63) is 69.1 Å². The molecule has 1 N–H and O–H groups in total. The second-order valence-electron chi connectivity index (χ2n) is 5.50. The molecule has 0 saturated carbocycles. The summed E-state index contributed by atoms with van der Waals surface area (Å²) in [6, 6.07) is 13.0. The number of thioether (sulfide) groups is 1. The fourth-order valence-corrected chi connectivity index (χ4v) is 3.31. The molecule has 1 heterocycles. The van der Waals surface area contributed by atoms with Crippen LogP contribution < -0.4 is 10.1 Å². The molecule has 2 aromatic carbocycles. The van der Waals surface area contributed by atoms with Crippen LogP contribution in [0.1, 0.15) is 5.56 Å². The number of amides is 2. The number of carbonyl (C=O) groups excluding carboxylic acids is 2. The van der Waals surface area contributed by atoms with Crippen molar-refractivity contribution in [2.24, 2.45) is 0 Å². The summed E-state index contributed by atoms with van der Waals surface area (Å²) in [5, 5.41) is 13.5. The minimum Gasteiger partial charge on any atom is -0.495 e.